The summed E-state index contributed by atoms with van der Waals surface area (Å²) in [6.45, 7) is 4.18. The molecule has 2 aliphatic carbocycles. The molecule has 0 saturated heterocycles. The highest BCUT2D eigenvalue weighted by Gasteiger charge is 2.43. The zero-order valence-corrected chi connectivity index (χ0v) is 17.2. The molecule has 158 valence electrons. The molecular formula is C24H27NO5. The van der Waals surface area contributed by atoms with Gasteiger partial charge < -0.3 is 15.4 Å². The lowest BCUT2D eigenvalue weighted by Crippen LogP contribution is -2.41. The molecule has 1 fully saturated rings. The monoisotopic (exact) mass is 409 g/mol. The third kappa shape index (κ3) is 3.40. The highest BCUT2D eigenvalue weighted by Crippen LogP contribution is 2.46. The summed E-state index contributed by atoms with van der Waals surface area (Å²) in [5.74, 6) is -0.259. The summed E-state index contributed by atoms with van der Waals surface area (Å²) in [6, 6.07) is 5.97. The molecule has 0 spiro atoms. The Morgan fingerprint density at radius 1 is 1.07 bits per heavy atom. The first-order chi connectivity index (χ1) is 14.3. The van der Waals surface area contributed by atoms with Crippen molar-refractivity contribution in [2.75, 3.05) is 0 Å². The van der Waals surface area contributed by atoms with E-state index in [1.54, 1.807) is 12.1 Å². The molecule has 6 heteroatoms. The van der Waals surface area contributed by atoms with Gasteiger partial charge >= 0.3 is 0 Å². The molecular weight excluding hydrogens is 382 g/mol. The molecule has 3 N–H and O–H groups in total. The summed E-state index contributed by atoms with van der Waals surface area (Å²) >= 11 is 0. The van der Waals surface area contributed by atoms with Gasteiger partial charge in [-0.15, -0.1) is 0 Å². The third-order valence-electron chi connectivity index (χ3n) is 6.80. The molecule has 0 bridgehead atoms. The van der Waals surface area contributed by atoms with E-state index < -0.39 is 23.0 Å². The predicted octanol–water partition coefficient (Wildman–Crippen LogP) is 4.22. The number of rotatable bonds is 3. The van der Waals surface area contributed by atoms with Crippen LogP contribution in [0.15, 0.2) is 47.4 Å². The number of carbonyl (C=O) groups is 1. The van der Waals surface area contributed by atoms with Gasteiger partial charge in [0.2, 0.25) is 0 Å². The number of carbonyl (C=O) groups excluding carboxylic acids is 1. The van der Waals surface area contributed by atoms with E-state index in [1.807, 2.05) is 13.0 Å². The second-order valence-corrected chi connectivity index (χ2v) is 8.84. The van der Waals surface area contributed by atoms with Crippen molar-refractivity contribution in [3.8, 4) is 22.6 Å². The number of phenolic OH excluding ortho intramolecular Hbond substituents is 1. The van der Waals surface area contributed by atoms with Gasteiger partial charge in [-0.2, -0.15) is 4.73 Å². The average Bonchev–Trinajstić information content (AvgIpc) is 2.71. The van der Waals surface area contributed by atoms with E-state index in [-0.39, 0.29) is 34.6 Å². The highest BCUT2D eigenvalue weighted by atomic mass is 16.5. The minimum Gasteiger partial charge on any atom is -0.508 e. The molecule has 30 heavy (non-hydrogen) atoms. The summed E-state index contributed by atoms with van der Waals surface area (Å²) in [5, 5.41) is 30.6. The Kier molecular flexibility index (Phi) is 5.18. The van der Waals surface area contributed by atoms with E-state index in [0.29, 0.717) is 16.2 Å². The maximum Gasteiger partial charge on any atom is 0.297 e. The molecule has 2 aromatic rings. The molecule has 0 aliphatic heterocycles. The van der Waals surface area contributed by atoms with Gasteiger partial charge in [0.15, 0.2) is 5.78 Å². The van der Waals surface area contributed by atoms with Crippen LogP contribution in [0.4, 0.5) is 0 Å². The molecule has 1 saturated carbocycles. The zero-order chi connectivity index (χ0) is 21.6. The normalized spacial score (nSPS) is 28.1. The van der Waals surface area contributed by atoms with Gasteiger partial charge in [0.1, 0.15) is 17.1 Å². The summed E-state index contributed by atoms with van der Waals surface area (Å²) in [5.41, 5.74) is -0.647. The number of aromatic hydroxyl groups is 2. The van der Waals surface area contributed by atoms with Crippen LogP contribution in [0.1, 0.15) is 43.5 Å². The van der Waals surface area contributed by atoms with Crippen molar-refractivity contribution >= 4 is 5.78 Å². The minimum atomic E-state index is -0.914. The van der Waals surface area contributed by atoms with Crippen LogP contribution >= 0.6 is 0 Å². The number of ketones is 1. The quantitative estimate of drug-likeness (QED) is 0.400. The van der Waals surface area contributed by atoms with Gasteiger partial charge in [-0.1, -0.05) is 44.6 Å². The summed E-state index contributed by atoms with van der Waals surface area (Å²) in [6.07, 6.45) is 8.29. The first kappa shape index (κ1) is 20.3. The van der Waals surface area contributed by atoms with Crippen LogP contribution in [-0.4, -0.2) is 25.9 Å². The number of allylic oxidation sites excluding steroid dienone is 2. The van der Waals surface area contributed by atoms with E-state index in [9.17, 15) is 25.0 Å². The van der Waals surface area contributed by atoms with Crippen molar-refractivity contribution in [1.29, 1.82) is 0 Å². The highest BCUT2D eigenvalue weighted by molar-refractivity contribution is 6.02. The maximum absolute atomic E-state index is 13.6. The van der Waals surface area contributed by atoms with Gasteiger partial charge in [0, 0.05) is 11.5 Å². The number of phenols is 1. The Morgan fingerprint density at radius 3 is 2.47 bits per heavy atom. The number of aromatic nitrogens is 1. The molecule has 0 radical (unpaired) electrons. The van der Waals surface area contributed by atoms with Crippen LogP contribution in [0.25, 0.3) is 11.1 Å². The first-order valence-corrected chi connectivity index (χ1v) is 10.5. The second kappa shape index (κ2) is 7.67. The summed E-state index contributed by atoms with van der Waals surface area (Å²) < 4.78 is 0.360. The number of hydrogen-bond donors (Lipinski definition) is 3. The largest absolute Gasteiger partial charge is 0.508 e. The first-order valence-electron chi connectivity index (χ1n) is 10.5. The fourth-order valence-corrected chi connectivity index (χ4v) is 5.21. The molecule has 1 aromatic carbocycles. The summed E-state index contributed by atoms with van der Waals surface area (Å²) in [7, 11) is 0. The number of benzene rings is 1. The lowest BCUT2D eigenvalue weighted by molar-refractivity contribution is 0.0682. The SMILES string of the molecule is CC1CCC2C(C=CC(C)C2C(=O)c2c(O)c(-c3ccc(O)cc3)cn(O)c2=O)C1. The summed E-state index contributed by atoms with van der Waals surface area (Å²) in [4.78, 5) is 26.3. The number of hydrogen-bond acceptors (Lipinski definition) is 5. The van der Waals surface area contributed by atoms with Gasteiger partial charge in [-0.05, 0) is 54.2 Å². The lowest BCUT2D eigenvalue weighted by Gasteiger charge is -2.42. The maximum atomic E-state index is 13.6. The molecule has 1 heterocycles. The Bertz CT molecular complexity index is 1050. The van der Waals surface area contributed by atoms with E-state index in [2.05, 4.69) is 13.0 Å². The Morgan fingerprint density at radius 2 is 1.77 bits per heavy atom. The van der Waals surface area contributed by atoms with Crippen molar-refractivity contribution < 1.29 is 20.2 Å². The van der Waals surface area contributed by atoms with Crippen molar-refractivity contribution in [2.24, 2.45) is 29.6 Å². The van der Waals surface area contributed by atoms with Crippen molar-refractivity contribution in [1.82, 2.24) is 4.73 Å². The Labute approximate surface area is 175 Å². The average molecular weight is 409 g/mol. The van der Waals surface area contributed by atoms with Crippen LogP contribution in [0.5, 0.6) is 11.5 Å². The van der Waals surface area contributed by atoms with Crippen LogP contribution in [0, 0.1) is 29.6 Å². The molecule has 2 aliphatic rings. The number of nitrogens with zero attached hydrogens (tertiary/aromatic N) is 1. The van der Waals surface area contributed by atoms with E-state index in [1.165, 1.54) is 12.1 Å². The Hall–Kier alpha value is -3.02. The third-order valence-corrected chi connectivity index (χ3v) is 6.80. The van der Waals surface area contributed by atoms with Crippen molar-refractivity contribution in [3.63, 3.8) is 0 Å². The van der Waals surface area contributed by atoms with Gasteiger partial charge in [0.25, 0.3) is 5.56 Å². The molecule has 0 amide bonds. The number of Topliss-reactive ketones (excluding diaryl/α,β-unsaturated/α-hetero) is 1. The topological polar surface area (TPSA) is 99.8 Å². The van der Waals surface area contributed by atoms with Crippen molar-refractivity contribution in [3.05, 3.63) is 58.5 Å². The number of pyridine rings is 1. The van der Waals surface area contributed by atoms with Crippen LogP contribution < -0.4 is 5.56 Å². The van der Waals surface area contributed by atoms with Gasteiger partial charge in [0.05, 0.1) is 6.20 Å². The van der Waals surface area contributed by atoms with Crippen LogP contribution in [0.3, 0.4) is 0 Å². The van der Waals surface area contributed by atoms with E-state index in [4.69, 9.17) is 0 Å². The fourth-order valence-electron chi connectivity index (χ4n) is 5.21. The van der Waals surface area contributed by atoms with Crippen molar-refractivity contribution in [2.45, 2.75) is 33.1 Å². The number of fused-ring (bicyclic) bond motifs is 1. The molecule has 5 unspecified atom stereocenters. The lowest BCUT2D eigenvalue weighted by atomic mass is 9.61. The standard InChI is InChI=1S/C24H27NO5/c1-13-3-10-18-16(11-13)5-4-14(2)20(18)23(28)21-22(27)19(12-25(30)24(21)29)15-6-8-17(26)9-7-15/h4-9,12-14,16,18,20,26-27,30H,3,10-11H2,1-2H3. The smallest absolute Gasteiger partial charge is 0.297 e. The predicted molar refractivity (Wildman–Crippen MR) is 113 cm³/mol. The zero-order valence-electron chi connectivity index (χ0n) is 17.2. The van der Waals surface area contributed by atoms with E-state index >= 15 is 0 Å². The molecule has 6 nitrogen and oxygen atoms in total. The van der Waals surface area contributed by atoms with Crippen LogP contribution in [-0.2, 0) is 0 Å². The van der Waals surface area contributed by atoms with Gasteiger partial charge in [-0.25, -0.2) is 0 Å². The van der Waals surface area contributed by atoms with Gasteiger partial charge in [-0.3, -0.25) is 9.59 Å². The second-order valence-electron chi connectivity index (χ2n) is 8.84. The molecule has 5 atom stereocenters. The minimum absolute atomic E-state index is 0.0484. The van der Waals surface area contributed by atoms with E-state index in [0.717, 1.165) is 25.5 Å². The fraction of sp³-hybridized carbons (Fsp3) is 0.417. The molecule has 1 aromatic heterocycles. The van der Waals surface area contributed by atoms with Crippen LogP contribution in [0.2, 0.25) is 0 Å². The molecule has 4 rings (SSSR count). The Balaban J connectivity index is 1.80.